The van der Waals surface area contributed by atoms with Crippen molar-refractivity contribution >= 4 is 11.0 Å². The Bertz CT molecular complexity index is 1080. The van der Waals surface area contributed by atoms with Crippen molar-refractivity contribution in [3.63, 3.8) is 0 Å². The number of aromatic hydroxyl groups is 1. The van der Waals surface area contributed by atoms with Crippen LogP contribution in [0.5, 0.6) is 5.75 Å². The van der Waals surface area contributed by atoms with Gasteiger partial charge in [0.05, 0.1) is 42.1 Å². The van der Waals surface area contributed by atoms with Crippen LogP contribution < -0.4 is 5.43 Å². The average Bonchev–Trinajstić information content (AvgIpc) is 3.08. The summed E-state index contributed by atoms with van der Waals surface area (Å²) in [5.74, 6) is -2.46. The average molecular weight is 404 g/mol. The molecule has 3 aromatic rings. The number of benzene rings is 1. The number of morpholine rings is 1. The molecule has 1 fully saturated rings. The van der Waals surface area contributed by atoms with Crippen LogP contribution in [0.1, 0.15) is 12.6 Å². The van der Waals surface area contributed by atoms with Gasteiger partial charge < -0.3 is 14.8 Å². The summed E-state index contributed by atoms with van der Waals surface area (Å²) in [4.78, 5) is 17.9. The van der Waals surface area contributed by atoms with E-state index in [1.807, 2.05) is 6.92 Å². The smallest absolute Gasteiger partial charge is 0.235 e. The van der Waals surface area contributed by atoms with Crippen molar-refractivity contribution in [1.82, 2.24) is 19.7 Å². The molecule has 0 radical (unpaired) electrons. The molecule has 1 aliphatic rings. The molecule has 1 saturated heterocycles. The molecule has 0 aliphatic carbocycles. The van der Waals surface area contributed by atoms with E-state index in [0.29, 0.717) is 44.1 Å². The number of hydrogen-bond acceptors (Lipinski definition) is 5. The van der Waals surface area contributed by atoms with Gasteiger partial charge in [-0.25, -0.2) is 13.5 Å². The van der Waals surface area contributed by atoms with Crippen LogP contribution in [0.3, 0.4) is 0 Å². The van der Waals surface area contributed by atoms with Gasteiger partial charge >= 0.3 is 0 Å². The second-order valence-electron chi connectivity index (χ2n) is 6.98. The Morgan fingerprint density at radius 1 is 1.21 bits per heavy atom. The quantitative estimate of drug-likeness (QED) is 0.682. The lowest BCUT2D eigenvalue weighted by atomic mass is 10.1. The number of aryl methyl sites for hydroxylation is 1. The maximum Gasteiger partial charge on any atom is 0.235 e. The first-order chi connectivity index (χ1) is 14.0. The minimum Gasteiger partial charge on any atom is -0.503 e. The zero-order valence-electron chi connectivity index (χ0n) is 16.0. The fourth-order valence-corrected chi connectivity index (χ4v) is 3.67. The lowest BCUT2D eigenvalue weighted by molar-refractivity contribution is 0.0361. The number of hydrogen-bond donors (Lipinski definition) is 2. The number of fused-ring (bicyclic) bond motifs is 1. The van der Waals surface area contributed by atoms with E-state index in [9.17, 15) is 18.7 Å². The van der Waals surface area contributed by atoms with E-state index >= 15 is 0 Å². The summed E-state index contributed by atoms with van der Waals surface area (Å²) in [6.07, 6.45) is 0.483. The Morgan fingerprint density at radius 2 is 1.90 bits per heavy atom. The highest BCUT2D eigenvalue weighted by Gasteiger charge is 2.23. The monoisotopic (exact) mass is 404 g/mol. The topological polar surface area (TPSA) is 83.4 Å². The molecule has 7 nitrogen and oxygen atoms in total. The number of ether oxygens (including phenoxy) is 1. The summed E-state index contributed by atoms with van der Waals surface area (Å²) in [5, 5.41) is 15.2. The van der Waals surface area contributed by atoms with Crippen LogP contribution in [0.25, 0.3) is 22.3 Å². The number of aromatic nitrogens is 3. The van der Waals surface area contributed by atoms with Crippen LogP contribution in [0, 0.1) is 11.6 Å². The van der Waals surface area contributed by atoms with E-state index in [-0.39, 0.29) is 11.1 Å². The standard InChI is InChI=1S/C20H22F2N4O3/c1-2-14-16-18(27)19(28)17(15-12(21)4-3-5-13(15)22)23-20(16)26(24-14)7-6-25-8-10-29-11-9-25/h3-5,28H,2,6-11H2,1H3,(H,23,27). The van der Waals surface area contributed by atoms with Gasteiger partial charge in [-0.1, -0.05) is 13.0 Å². The zero-order valence-corrected chi connectivity index (χ0v) is 16.0. The number of pyridine rings is 1. The molecular weight excluding hydrogens is 382 g/mol. The second kappa shape index (κ2) is 7.92. The van der Waals surface area contributed by atoms with Gasteiger partial charge in [0.2, 0.25) is 5.43 Å². The van der Waals surface area contributed by atoms with Crippen molar-refractivity contribution in [3.05, 3.63) is 45.8 Å². The molecule has 2 N–H and O–H groups in total. The highest BCUT2D eigenvalue weighted by atomic mass is 19.1. The number of rotatable bonds is 5. The lowest BCUT2D eigenvalue weighted by Gasteiger charge is -2.26. The molecule has 1 aromatic carbocycles. The van der Waals surface area contributed by atoms with Crippen LogP contribution in [0.15, 0.2) is 23.0 Å². The van der Waals surface area contributed by atoms with Gasteiger partial charge in [-0.2, -0.15) is 5.10 Å². The molecule has 0 atom stereocenters. The molecule has 0 bridgehead atoms. The third kappa shape index (κ3) is 3.51. The Morgan fingerprint density at radius 3 is 2.55 bits per heavy atom. The molecule has 0 unspecified atom stereocenters. The maximum atomic E-state index is 14.3. The Kier molecular flexibility index (Phi) is 5.33. The fourth-order valence-electron chi connectivity index (χ4n) is 3.67. The summed E-state index contributed by atoms with van der Waals surface area (Å²) < 4.78 is 35.6. The van der Waals surface area contributed by atoms with Gasteiger partial charge in [-0.05, 0) is 18.6 Å². The van der Waals surface area contributed by atoms with E-state index in [2.05, 4.69) is 15.0 Å². The SMILES string of the molecule is CCc1nn(CCN2CCOCC2)c2[nH]c(-c3c(F)cccc3F)c(O)c(=O)c12. The first kappa shape index (κ1) is 19.5. The van der Waals surface area contributed by atoms with E-state index in [1.165, 1.54) is 6.07 Å². The minimum atomic E-state index is -0.870. The van der Waals surface area contributed by atoms with Crippen LogP contribution >= 0.6 is 0 Å². The molecule has 4 rings (SSSR count). The molecule has 0 amide bonds. The molecule has 0 spiro atoms. The van der Waals surface area contributed by atoms with E-state index in [4.69, 9.17) is 4.74 Å². The van der Waals surface area contributed by atoms with Crippen LogP contribution in [0.4, 0.5) is 8.78 Å². The second-order valence-corrected chi connectivity index (χ2v) is 6.98. The largest absolute Gasteiger partial charge is 0.503 e. The molecule has 3 heterocycles. The molecule has 1 aliphatic heterocycles. The van der Waals surface area contributed by atoms with Crippen LogP contribution in [-0.4, -0.2) is 57.6 Å². The zero-order chi connectivity index (χ0) is 20.5. The summed E-state index contributed by atoms with van der Waals surface area (Å²) in [5.41, 5.74) is -0.572. The van der Waals surface area contributed by atoms with Gasteiger partial charge in [0, 0.05) is 19.6 Å². The number of nitrogens with zero attached hydrogens (tertiary/aromatic N) is 3. The third-order valence-electron chi connectivity index (χ3n) is 5.23. The molecule has 0 saturated carbocycles. The van der Waals surface area contributed by atoms with E-state index in [0.717, 1.165) is 25.2 Å². The summed E-state index contributed by atoms with van der Waals surface area (Å²) in [7, 11) is 0. The first-order valence-electron chi connectivity index (χ1n) is 9.60. The number of nitrogens with one attached hydrogen (secondary N) is 1. The molecule has 29 heavy (non-hydrogen) atoms. The molecule has 9 heteroatoms. The van der Waals surface area contributed by atoms with Gasteiger partial charge in [0.15, 0.2) is 5.75 Å². The van der Waals surface area contributed by atoms with Gasteiger partial charge in [-0.3, -0.25) is 9.69 Å². The van der Waals surface area contributed by atoms with Gasteiger partial charge in [0.25, 0.3) is 0 Å². The number of aromatic amines is 1. The predicted octanol–water partition coefficient (Wildman–Crippen LogP) is 2.27. The number of halogens is 2. The molecule has 154 valence electrons. The maximum absolute atomic E-state index is 14.3. The minimum absolute atomic E-state index is 0.243. The van der Waals surface area contributed by atoms with Crippen molar-refractivity contribution in [2.45, 2.75) is 19.9 Å². The Labute approximate surface area is 165 Å². The highest BCUT2D eigenvalue weighted by Crippen LogP contribution is 2.31. The van der Waals surface area contributed by atoms with Crippen molar-refractivity contribution in [2.75, 3.05) is 32.8 Å². The van der Waals surface area contributed by atoms with E-state index in [1.54, 1.807) is 4.68 Å². The van der Waals surface area contributed by atoms with E-state index < -0.39 is 28.4 Å². The molecule has 2 aromatic heterocycles. The van der Waals surface area contributed by atoms with Crippen LogP contribution in [-0.2, 0) is 17.7 Å². The van der Waals surface area contributed by atoms with Crippen molar-refractivity contribution < 1.29 is 18.6 Å². The van der Waals surface area contributed by atoms with Crippen molar-refractivity contribution in [3.8, 4) is 17.0 Å². The van der Waals surface area contributed by atoms with Crippen molar-refractivity contribution in [1.29, 1.82) is 0 Å². The van der Waals surface area contributed by atoms with Crippen LogP contribution in [0.2, 0.25) is 0 Å². The summed E-state index contributed by atoms with van der Waals surface area (Å²) >= 11 is 0. The number of H-pyrrole nitrogens is 1. The predicted molar refractivity (Wildman–Crippen MR) is 104 cm³/mol. The third-order valence-corrected chi connectivity index (χ3v) is 5.23. The summed E-state index contributed by atoms with van der Waals surface area (Å²) in [6.45, 7) is 5.98. The lowest BCUT2D eigenvalue weighted by Crippen LogP contribution is -2.38. The highest BCUT2D eigenvalue weighted by molar-refractivity contribution is 5.84. The normalized spacial score (nSPS) is 15.3. The Balaban J connectivity index is 1.83. The Hall–Kier alpha value is -2.78. The van der Waals surface area contributed by atoms with Crippen molar-refractivity contribution in [2.24, 2.45) is 0 Å². The van der Waals surface area contributed by atoms with Gasteiger partial charge in [0.1, 0.15) is 17.3 Å². The van der Waals surface area contributed by atoms with Gasteiger partial charge in [-0.15, -0.1) is 0 Å². The summed E-state index contributed by atoms with van der Waals surface area (Å²) in [6, 6.07) is 3.38. The molecular formula is C20H22F2N4O3. The fraction of sp³-hybridized carbons (Fsp3) is 0.400. The first-order valence-corrected chi connectivity index (χ1v) is 9.60.